The van der Waals surface area contributed by atoms with Crippen LogP contribution in [0.5, 0.6) is 5.75 Å². The molecular weight excluding hydrogens is 539 g/mol. The number of anilines is 1. The van der Waals surface area contributed by atoms with E-state index in [1.54, 1.807) is 7.05 Å². The van der Waals surface area contributed by atoms with Gasteiger partial charge in [-0.25, -0.2) is 18.4 Å². The number of phenols is 1. The molecule has 0 saturated carbocycles. The molecule has 0 bridgehead atoms. The number of carbonyl (C=O) groups excluding carboxylic acids is 2. The zero-order valence-electron chi connectivity index (χ0n) is 20.6. The van der Waals surface area contributed by atoms with Crippen LogP contribution in [0.1, 0.15) is 34.6 Å². The number of aromatic hydroxyl groups is 1. The molecule has 0 spiro atoms. The van der Waals surface area contributed by atoms with Crippen molar-refractivity contribution in [1.29, 1.82) is 0 Å². The van der Waals surface area contributed by atoms with Crippen molar-refractivity contribution in [3.8, 4) is 5.75 Å². The van der Waals surface area contributed by atoms with E-state index < -0.39 is 33.6 Å². The number of hydrogen-bond acceptors (Lipinski definition) is 7. The van der Waals surface area contributed by atoms with Crippen molar-refractivity contribution in [2.45, 2.75) is 24.0 Å². The van der Waals surface area contributed by atoms with Crippen LogP contribution in [0.3, 0.4) is 0 Å². The standard InChI is InChI=1S/C25H24F3N5O5S/c1-32-15-23(31-22(32)11-9-20(35)16-4-7-19(34)8-5-16)39(37,38)33-12-2-3-17(14-33)24(36)30-21-10-6-18(13-29-21)25(26,27)28/h4-11,13,15,17,34H,2-3,12,14H2,1H3,(H,29,30,36)/b11-9+/t17-/m1/s1. The van der Waals surface area contributed by atoms with Gasteiger partial charge < -0.3 is 15.0 Å². The topological polar surface area (TPSA) is 134 Å². The number of alkyl halides is 3. The summed E-state index contributed by atoms with van der Waals surface area (Å²) in [5, 5.41) is 11.5. The molecule has 1 fully saturated rings. The van der Waals surface area contributed by atoms with Crippen LogP contribution < -0.4 is 5.32 Å². The molecule has 1 aliphatic heterocycles. The highest BCUT2D eigenvalue weighted by atomic mass is 32.2. The number of rotatable bonds is 7. The summed E-state index contributed by atoms with van der Waals surface area (Å²) in [5.41, 5.74) is -0.625. The number of allylic oxidation sites excluding steroid dienone is 1. The number of nitrogens with one attached hydrogen (secondary N) is 1. The highest BCUT2D eigenvalue weighted by Crippen LogP contribution is 2.29. The first-order valence-electron chi connectivity index (χ1n) is 11.7. The van der Waals surface area contributed by atoms with Crippen LogP contribution in [-0.2, 0) is 28.0 Å². The van der Waals surface area contributed by atoms with Crippen molar-refractivity contribution >= 4 is 33.6 Å². The van der Waals surface area contributed by atoms with Crippen molar-refractivity contribution < 1.29 is 36.3 Å². The third kappa shape index (κ3) is 6.52. The van der Waals surface area contributed by atoms with Gasteiger partial charge in [0.05, 0.1) is 11.5 Å². The minimum absolute atomic E-state index is 0.0168. The molecule has 1 aromatic carbocycles. The molecule has 14 heteroatoms. The van der Waals surface area contributed by atoms with Crippen LogP contribution in [0.2, 0.25) is 0 Å². The fourth-order valence-electron chi connectivity index (χ4n) is 3.97. The molecule has 1 saturated heterocycles. The predicted molar refractivity (Wildman–Crippen MR) is 134 cm³/mol. The lowest BCUT2D eigenvalue weighted by atomic mass is 9.99. The lowest BCUT2D eigenvalue weighted by Crippen LogP contribution is -2.43. The number of aromatic nitrogens is 3. The average molecular weight is 564 g/mol. The molecule has 0 aliphatic carbocycles. The average Bonchev–Trinajstić information content (AvgIpc) is 3.28. The number of carbonyl (C=O) groups is 2. The van der Waals surface area contributed by atoms with Gasteiger partial charge in [0.15, 0.2) is 10.8 Å². The van der Waals surface area contributed by atoms with Gasteiger partial charge >= 0.3 is 6.18 Å². The summed E-state index contributed by atoms with van der Waals surface area (Å²) in [6.07, 6.45) is 0.734. The van der Waals surface area contributed by atoms with Gasteiger partial charge in [-0.1, -0.05) is 0 Å². The quantitative estimate of drug-likeness (QED) is 0.332. The summed E-state index contributed by atoms with van der Waals surface area (Å²) in [6, 6.07) is 7.48. The number of hydrogen-bond donors (Lipinski definition) is 2. The Morgan fingerprint density at radius 1 is 1.15 bits per heavy atom. The number of imidazole rings is 1. The second kappa shape index (κ2) is 11.0. The molecule has 1 amide bonds. The summed E-state index contributed by atoms with van der Waals surface area (Å²) in [6.45, 7) is 0.0155. The van der Waals surface area contributed by atoms with E-state index in [9.17, 15) is 36.3 Å². The summed E-state index contributed by atoms with van der Waals surface area (Å²) in [5.74, 6) is -1.52. The molecule has 10 nitrogen and oxygen atoms in total. The van der Waals surface area contributed by atoms with Crippen molar-refractivity contribution in [2.75, 3.05) is 18.4 Å². The zero-order valence-corrected chi connectivity index (χ0v) is 21.4. The molecule has 206 valence electrons. The molecule has 3 aromatic rings. The third-order valence-electron chi connectivity index (χ3n) is 6.13. The minimum Gasteiger partial charge on any atom is -0.508 e. The number of halogens is 3. The number of benzene rings is 1. The summed E-state index contributed by atoms with van der Waals surface area (Å²) in [4.78, 5) is 32.9. The largest absolute Gasteiger partial charge is 0.508 e. The Morgan fingerprint density at radius 3 is 2.51 bits per heavy atom. The van der Waals surface area contributed by atoms with Gasteiger partial charge in [0.25, 0.3) is 10.0 Å². The monoisotopic (exact) mass is 563 g/mol. The zero-order chi connectivity index (χ0) is 28.4. The lowest BCUT2D eigenvalue weighted by molar-refractivity contribution is -0.137. The Bertz CT molecular complexity index is 1500. The summed E-state index contributed by atoms with van der Waals surface area (Å²) in [7, 11) is -2.52. The Kier molecular flexibility index (Phi) is 7.88. The normalized spacial score (nSPS) is 16.9. The number of ketones is 1. The number of aryl methyl sites for hydroxylation is 1. The van der Waals surface area contributed by atoms with Crippen molar-refractivity contribution in [3.05, 3.63) is 71.8 Å². The highest BCUT2D eigenvalue weighted by molar-refractivity contribution is 7.89. The van der Waals surface area contributed by atoms with E-state index in [0.29, 0.717) is 24.6 Å². The molecule has 39 heavy (non-hydrogen) atoms. The Hall–Kier alpha value is -4.04. The first-order chi connectivity index (χ1) is 18.3. The molecule has 2 N–H and O–H groups in total. The van der Waals surface area contributed by atoms with Gasteiger partial charge in [0.2, 0.25) is 5.91 Å². The highest BCUT2D eigenvalue weighted by Gasteiger charge is 2.35. The van der Waals surface area contributed by atoms with E-state index in [2.05, 4.69) is 15.3 Å². The molecule has 0 unspecified atom stereocenters. The number of phenolic OH excluding ortho intramolecular Hbond substituents is 1. The van der Waals surface area contributed by atoms with Crippen LogP contribution in [0.15, 0.2) is 59.9 Å². The Labute approximate surface area is 221 Å². The minimum atomic E-state index is -4.56. The number of amides is 1. The molecule has 1 aliphatic rings. The summed E-state index contributed by atoms with van der Waals surface area (Å²) >= 11 is 0. The van der Waals surface area contributed by atoms with Gasteiger partial charge in [0.1, 0.15) is 17.4 Å². The second-order valence-electron chi connectivity index (χ2n) is 8.91. The Morgan fingerprint density at radius 2 is 1.87 bits per heavy atom. The molecule has 4 rings (SSSR count). The maximum Gasteiger partial charge on any atom is 0.417 e. The van der Waals surface area contributed by atoms with Crippen molar-refractivity contribution in [2.24, 2.45) is 13.0 Å². The van der Waals surface area contributed by atoms with Crippen molar-refractivity contribution in [3.63, 3.8) is 0 Å². The fourth-order valence-corrected chi connectivity index (χ4v) is 5.48. The molecule has 1 atom stereocenters. The van der Waals surface area contributed by atoms with Crippen molar-refractivity contribution in [1.82, 2.24) is 18.8 Å². The van der Waals surface area contributed by atoms with E-state index in [1.807, 2.05) is 0 Å². The smallest absolute Gasteiger partial charge is 0.417 e. The van der Waals surface area contributed by atoms with Crippen LogP contribution in [0, 0.1) is 5.92 Å². The number of piperidine rings is 1. The third-order valence-corrected chi connectivity index (χ3v) is 7.86. The fraction of sp³-hybridized carbons (Fsp3) is 0.280. The summed E-state index contributed by atoms with van der Waals surface area (Å²) < 4.78 is 67.4. The molecule has 0 radical (unpaired) electrons. The first kappa shape index (κ1) is 28.0. The van der Waals surface area contributed by atoms with Gasteiger partial charge in [-0.3, -0.25) is 9.59 Å². The second-order valence-corrected chi connectivity index (χ2v) is 10.8. The first-order valence-corrected chi connectivity index (χ1v) is 13.2. The number of sulfonamides is 1. The maximum atomic E-state index is 13.3. The lowest BCUT2D eigenvalue weighted by Gasteiger charge is -2.30. The van der Waals surface area contributed by atoms with Crippen LogP contribution >= 0.6 is 0 Å². The van der Waals surface area contributed by atoms with E-state index >= 15 is 0 Å². The van der Waals surface area contributed by atoms with E-state index in [4.69, 9.17) is 0 Å². The Balaban J connectivity index is 1.43. The number of nitrogens with zero attached hydrogens (tertiary/aromatic N) is 4. The predicted octanol–water partition coefficient (Wildman–Crippen LogP) is 3.48. The van der Waals surface area contributed by atoms with Crippen LogP contribution in [-0.4, -0.2) is 57.1 Å². The molecule has 3 heterocycles. The SMILES string of the molecule is Cn1cc(S(=O)(=O)N2CCC[C@@H](C(=O)Nc3ccc(C(F)(F)F)cn3)C2)nc1/C=C/C(=O)c1ccc(O)cc1. The maximum absolute atomic E-state index is 13.3. The van der Waals surface area contributed by atoms with Gasteiger partial charge in [-0.15, -0.1) is 0 Å². The van der Waals surface area contributed by atoms with Gasteiger partial charge in [-0.2, -0.15) is 17.5 Å². The number of pyridine rings is 1. The van der Waals surface area contributed by atoms with Crippen LogP contribution in [0.25, 0.3) is 6.08 Å². The molecule has 2 aromatic heterocycles. The van der Waals surface area contributed by atoms with Gasteiger partial charge in [0, 0.05) is 38.1 Å². The van der Waals surface area contributed by atoms with E-state index in [0.717, 1.165) is 16.4 Å². The van der Waals surface area contributed by atoms with Crippen LogP contribution in [0.4, 0.5) is 19.0 Å². The van der Waals surface area contributed by atoms with E-state index in [-0.39, 0.29) is 41.3 Å². The van der Waals surface area contributed by atoms with Gasteiger partial charge in [-0.05, 0) is 61.4 Å². The van der Waals surface area contributed by atoms with E-state index in [1.165, 1.54) is 47.2 Å². The molecular formula is C25H24F3N5O5S.